The molecule has 14 aromatic rings. The van der Waals surface area contributed by atoms with Gasteiger partial charge in [-0.3, -0.25) is 22.8 Å². The Morgan fingerprint density at radius 3 is 1.03 bits per heavy atom. The number of ether oxygens (including phenoxy) is 3. The summed E-state index contributed by atoms with van der Waals surface area (Å²) in [7, 11) is -23.0. The van der Waals surface area contributed by atoms with Gasteiger partial charge in [0.25, 0.3) is 50.6 Å². The molecular formula is C95H90N26O18S5. The molecule has 0 aliphatic carbocycles. The Kier molecular flexibility index (Phi) is 34.0. The fraction of sp³-hybridized carbons (Fsp3) is 0.179. The summed E-state index contributed by atoms with van der Waals surface area (Å²) in [6.45, 7) is 11.3. The van der Waals surface area contributed by atoms with Crippen molar-refractivity contribution in [2.75, 3.05) is 59.9 Å². The van der Waals surface area contributed by atoms with E-state index >= 15 is 0 Å². The lowest BCUT2D eigenvalue weighted by atomic mass is 10.0. The molecule has 2 heterocycles. The topological polar surface area (TPSA) is 623 Å². The smallest absolute Gasteiger partial charge is 0.296 e. The molecular weight excluding hydrogens is 1950 g/mol. The Labute approximate surface area is 826 Å². The van der Waals surface area contributed by atoms with E-state index in [9.17, 15) is 64.9 Å². The zero-order valence-electron chi connectivity index (χ0n) is 77.4. The minimum atomic E-state index is -4.89. The molecule has 44 nitrogen and oxygen atoms in total. The highest BCUT2D eigenvalue weighted by molar-refractivity contribution is 7.87. The maximum absolute atomic E-state index is 12.9. The van der Waals surface area contributed by atoms with Gasteiger partial charge in [0, 0.05) is 60.9 Å². The molecule has 0 radical (unpaired) electrons. The summed E-state index contributed by atoms with van der Waals surface area (Å²) < 4.78 is 190. The molecule has 0 aliphatic heterocycles. The molecule has 2 aromatic heterocycles. The summed E-state index contributed by atoms with van der Waals surface area (Å²) in [4.78, 5) is 27.7. The first kappa shape index (κ1) is 103. The Morgan fingerprint density at radius 1 is 0.292 bits per heavy atom. The van der Waals surface area contributed by atoms with Gasteiger partial charge in [0.2, 0.25) is 23.8 Å². The molecule has 14 rings (SSSR count). The molecule has 49 heteroatoms. The Hall–Kier alpha value is -16.4. The molecule has 0 saturated carbocycles. The minimum absolute atomic E-state index is 0.00131. The van der Waals surface area contributed by atoms with Gasteiger partial charge in [0.05, 0.1) is 121 Å². The molecule has 0 saturated heterocycles. The van der Waals surface area contributed by atoms with Gasteiger partial charge in [0.1, 0.15) is 50.1 Å². The van der Waals surface area contributed by atoms with E-state index in [4.69, 9.17) is 44.1 Å². The Morgan fingerprint density at radius 2 is 0.618 bits per heavy atom. The number of aryl methyl sites for hydroxylation is 4. The first-order valence-corrected chi connectivity index (χ1v) is 51.2. The van der Waals surface area contributed by atoms with Crippen LogP contribution in [0.5, 0.6) is 17.2 Å². The number of anilines is 6. The van der Waals surface area contributed by atoms with Crippen LogP contribution in [0.4, 0.5) is 126 Å². The third-order valence-corrected chi connectivity index (χ3v) is 24.7. The zero-order chi connectivity index (χ0) is 102. The SMILES string of the molecule is CCCOc1cc(N=Nc2ccc(N=Nc3ccccc3)cc2S(=O)(=O)O)c(C)cc1Cc1nc(Cc2cc(C)c(N=Nc3ccc(N=Nc4ccc(S(=O)(=O)O)cc4)cc3)cc2OCCCS(=O)(=O)O)nc(NCCNc2nc(Nc3ccc(N=Nc4ccc(N=Nc5ccc(S(=O)(=O)O)cc5)cc4)c(C)c3)nc(Nc3cc(C)c(N=Nc4ccc(N=Nc5ccccc5)cc4S(=O)(=O)O)cc3OCCC)n2)n1. The molecule has 0 fully saturated rings. The van der Waals surface area contributed by atoms with Gasteiger partial charge < -0.3 is 35.5 Å². The van der Waals surface area contributed by atoms with Crippen molar-refractivity contribution in [2.24, 2.45) is 81.8 Å². The second-order valence-electron chi connectivity index (χ2n) is 31.6. The first-order valence-electron chi connectivity index (χ1n) is 43.8. The lowest BCUT2D eigenvalue weighted by Gasteiger charge is -2.16. The van der Waals surface area contributed by atoms with E-state index in [2.05, 4.69) is 103 Å². The van der Waals surface area contributed by atoms with Crippen LogP contribution in [0.3, 0.4) is 0 Å². The Bertz CT molecular complexity index is 7930. The standard InChI is InChI=1S/C95H90N26O18S5/c1-7-44-137-85-57-82(120-117-79-40-33-74(54-88(79)143(131,132)133)114-106-65-16-11-9-12-17-65)60(4)49-63(85)52-90-100-91(53-64-48-59(3)81(56-86(64)139-46-15-47-140(122,123)124)119-113-70-26-22-68(23-27-70)109-111-72-30-37-77(38-31-72)142(128,129)130)102-92(101-90)96-42-43-97-93-103-94(98-73-32-39-78(61(5)50-73)116-112-69-24-20-67(21-25-69)108-110-71-28-35-76(36-29-71)141(125,126)127)105-95(104-93)99-84-51-62(6)83(58-87(84)138-45-8-2)121-118-80-41-34-75(55-89(80)144(134,135)136)115-107-66-18-13-10-14-19-66/h9-14,16-41,48-51,54-58H,7-8,15,42-47,52-53H2,1-6H3,(H,122,123,124)(H,125,126,127)(H,128,129,130)(H,131,132,133)(H,134,135,136)(H,96,100,101,102)(H3,97,98,99,103,104,105). The van der Waals surface area contributed by atoms with Gasteiger partial charge in [-0.15, -0.1) is 10.2 Å². The number of azo groups is 8. The number of aromatic nitrogens is 6. The van der Waals surface area contributed by atoms with Gasteiger partial charge in [-0.25, -0.2) is 4.98 Å². The molecule has 144 heavy (non-hydrogen) atoms. The third-order valence-electron chi connectivity index (χ3n) is 20.4. The molecule has 0 atom stereocenters. The van der Waals surface area contributed by atoms with Crippen LogP contribution >= 0.6 is 0 Å². The van der Waals surface area contributed by atoms with Crippen LogP contribution in [0.2, 0.25) is 0 Å². The van der Waals surface area contributed by atoms with E-state index in [1.807, 2.05) is 20.8 Å². The van der Waals surface area contributed by atoms with Crippen LogP contribution in [0.1, 0.15) is 78.1 Å². The van der Waals surface area contributed by atoms with E-state index in [0.717, 1.165) is 12.1 Å². The van der Waals surface area contributed by atoms with E-state index in [1.54, 1.807) is 185 Å². The molecule has 0 unspecified atom stereocenters. The second kappa shape index (κ2) is 47.3. The summed E-state index contributed by atoms with van der Waals surface area (Å²) in [5, 5.41) is 82.0. The fourth-order valence-corrected chi connectivity index (χ4v) is 16.0. The number of hydrogen-bond donors (Lipinski definition) is 9. The molecule has 0 aliphatic rings. The van der Waals surface area contributed by atoms with Crippen LogP contribution in [-0.4, -0.2) is 133 Å². The van der Waals surface area contributed by atoms with Gasteiger partial charge in [-0.1, -0.05) is 50.2 Å². The minimum Gasteiger partial charge on any atom is -0.493 e. The summed E-state index contributed by atoms with van der Waals surface area (Å²) in [6.07, 6.45) is 0.961. The van der Waals surface area contributed by atoms with Gasteiger partial charge in [0.15, 0.2) is 0 Å². The predicted octanol–water partition coefficient (Wildman–Crippen LogP) is 25.0. The normalized spacial score (nSPS) is 12.4. The van der Waals surface area contributed by atoms with Crippen LogP contribution in [0.15, 0.2) is 350 Å². The van der Waals surface area contributed by atoms with Crippen molar-refractivity contribution in [1.82, 2.24) is 29.9 Å². The average molecular weight is 2040 g/mol. The molecule has 0 bridgehead atoms. The van der Waals surface area contributed by atoms with Crippen molar-refractivity contribution in [3.8, 4) is 17.2 Å². The van der Waals surface area contributed by atoms with Crippen molar-refractivity contribution < 1.29 is 79.1 Å². The summed E-state index contributed by atoms with van der Waals surface area (Å²) in [5.74, 6) is 0.779. The summed E-state index contributed by atoms with van der Waals surface area (Å²) in [5.41, 5.74) is 8.93. The number of benzene rings is 12. The van der Waals surface area contributed by atoms with E-state index < -0.39 is 66.1 Å². The fourth-order valence-electron chi connectivity index (χ4n) is 13.3. The van der Waals surface area contributed by atoms with Crippen LogP contribution in [-0.2, 0) is 63.4 Å². The summed E-state index contributed by atoms with van der Waals surface area (Å²) in [6, 6.07) is 64.3. The predicted molar refractivity (Wildman–Crippen MR) is 536 cm³/mol. The number of nitrogens with one attached hydrogen (secondary N) is 4. The maximum atomic E-state index is 12.9. The molecule has 738 valence electrons. The Balaban J connectivity index is 0.777. The lowest BCUT2D eigenvalue weighted by Crippen LogP contribution is -2.19. The largest absolute Gasteiger partial charge is 0.493 e. The highest BCUT2D eigenvalue weighted by Crippen LogP contribution is 2.42. The van der Waals surface area contributed by atoms with Crippen molar-refractivity contribution >= 4 is 177 Å². The van der Waals surface area contributed by atoms with E-state index in [0.29, 0.717) is 120 Å². The number of rotatable bonds is 44. The van der Waals surface area contributed by atoms with Crippen molar-refractivity contribution in [3.05, 3.63) is 294 Å². The van der Waals surface area contributed by atoms with E-state index in [1.165, 1.54) is 72.8 Å². The highest BCUT2D eigenvalue weighted by Gasteiger charge is 2.24. The number of hydrogen-bond acceptors (Lipinski definition) is 39. The molecule has 12 aromatic carbocycles. The molecule has 0 spiro atoms. The van der Waals surface area contributed by atoms with Gasteiger partial charge >= 0.3 is 0 Å². The van der Waals surface area contributed by atoms with Gasteiger partial charge in [-0.05, 0) is 263 Å². The zero-order valence-corrected chi connectivity index (χ0v) is 81.5. The number of nitrogens with zero attached hydrogens (tertiary/aromatic N) is 22. The average Bonchev–Trinajstić information content (AvgIpc) is 0.811. The van der Waals surface area contributed by atoms with Crippen LogP contribution in [0, 0.1) is 27.7 Å². The quantitative estimate of drug-likeness (QED) is 0.00973. The van der Waals surface area contributed by atoms with Crippen molar-refractivity contribution in [3.63, 3.8) is 0 Å². The second-order valence-corrected chi connectivity index (χ2v) is 38.8. The lowest BCUT2D eigenvalue weighted by molar-refractivity contribution is 0.313. The van der Waals surface area contributed by atoms with E-state index in [-0.39, 0.29) is 143 Å². The maximum Gasteiger partial charge on any atom is 0.296 e. The first-order chi connectivity index (χ1) is 68.9. The van der Waals surface area contributed by atoms with Gasteiger partial charge in [-0.2, -0.15) is 139 Å². The van der Waals surface area contributed by atoms with Crippen LogP contribution in [0.25, 0.3) is 0 Å². The van der Waals surface area contributed by atoms with Crippen molar-refractivity contribution in [1.29, 1.82) is 0 Å². The van der Waals surface area contributed by atoms with Crippen molar-refractivity contribution in [2.45, 2.75) is 93.2 Å². The monoisotopic (exact) mass is 2040 g/mol. The van der Waals surface area contributed by atoms with Crippen LogP contribution < -0.4 is 35.5 Å². The molecule has 9 N–H and O–H groups in total. The highest BCUT2D eigenvalue weighted by atomic mass is 32.2. The summed E-state index contributed by atoms with van der Waals surface area (Å²) >= 11 is 0. The molecule has 0 amide bonds. The third kappa shape index (κ3) is 30.3.